The molecule has 0 bridgehead atoms. The Kier molecular flexibility index (Phi) is 4.54. The first-order valence-corrected chi connectivity index (χ1v) is 9.13. The van der Waals surface area contributed by atoms with Crippen LogP contribution < -0.4 is 5.56 Å². The molecule has 2 aromatic carbocycles. The second-order valence-corrected chi connectivity index (χ2v) is 7.07. The Labute approximate surface area is 161 Å². The Morgan fingerprint density at radius 3 is 2.74 bits per heavy atom. The number of hydrogen-bond acceptors (Lipinski definition) is 3. The summed E-state index contributed by atoms with van der Waals surface area (Å²) in [6, 6.07) is 14.9. The van der Waals surface area contributed by atoms with Crippen molar-refractivity contribution in [2.75, 3.05) is 6.54 Å². The first-order valence-electron chi connectivity index (χ1n) is 8.76. The highest BCUT2D eigenvalue weighted by atomic mass is 35.5. The molecule has 0 saturated carbocycles. The van der Waals surface area contributed by atoms with E-state index in [4.69, 9.17) is 11.6 Å². The van der Waals surface area contributed by atoms with E-state index in [-0.39, 0.29) is 11.5 Å². The van der Waals surface area contributed by atoms with Crippen LogP contribution in [0.25, 0.3) is 11.4 Å². The Morgan fingerprint density at radius 2 is 1.96 bits per heavy atom. The predicted molar refractivity (Wildman–Crippen MR) is 105 cm³/mol. The molecule has 5 nitrogen and oxygen atoms in total. The molecule has 0 atom stereocenters. The lowest BCUT2D eigenvalue weighted by Crippen LogP contribution is -2.39. The molecule has 136 valence electrons. The number of hydrogen-bond donors (Lipinski definition) is 1. The first-order chi connectivity index (χ1) is 13.0. The number of aromatic amines is 1. The summed E-state index contributed by atoms with van der Waals surface area (Å²) in [7, 11) is 0. The smallest absolute Gasteiger partial charge is 0.255 e. The van der Waals surface area contributed by atoms with Crippen LogP contribution in [0.5, 0.6) is 0 Å². The number of carbonyl (C=O) groups excluding carboxylic acids is 1. The van der Waals surface area contributed by atoms with Crippen molar-refractivity contribution in [1.82, 2.24) is 14.9 Å². The third-order valence-corrected chi connectivity index (χ3v) is 5.09. The second-order valence-electron chi connectivity index (χ2n) is 6.67. The number of nitrogens with zero attached hydrogens (tertiary/aromatic N) is 2. The van der Waals surface area contributed by atoms with E-state index in [1.165, 1.54) is 0 Å². The van der Waals surface area contributed by atoms with Crippen molar-refractivity contribution in [2.24, 2.45) is 0 Å². The second kappa shape index (κ2) is 7.00. The summed E-state index contributed by atoms with van der Waals surface area (Å²) >= 11 is 6.22. The van der Waals surface area contributed by atoms with Crippen molar-refractivity contribution in [3.63, 3.8) is 0 Å². The van der Waals surface area contributed by atoms with E-state index in [1.54, 1.807) is 17.0 Å². The monoisotopic (exact) mass is 379 g/mol. The Bertz CT molecular complexity index is 1080. The zero-order chi connectivity index (χ0) is 19.0. The van der Waals surface area contributed by atoms with Gasteiger partial charge in [0.1, 0.15) is 5.82 Å². The molecule has 27 heavy (non-hydrogen) atoms. The Hall–Kier alpha value is -2.92. The lowest BCUT2D eigenvalue weighted by Gasteiger charge is -2.28. The molecule has 4 rings (SSSR count). The molecule has 6 heteroatoms. The van der Waals surface area contributed by atoms with Crippen LogP contribution in [0.4, 0.5) is 0 Å². The van der Waals surface area contributed by atoms with Gasteiger partial charge in [0.05, 0.1) is 22.8 Å². The van der Waals surface area contributed by atoms with Gasteiger partial charge in [-0.25, -0.2) is 4.98 Å². The van der Waals surface area contributed by atoms with Crippen molar-refractivity contribution in [1.29, 1.82) is 0 Å². The summed E-state index contributed by atoms with van der Waals surface area (Å²) < 4.78 is 0. The van der Waals surface area contributed by atoms with Gasteiger partial charge in [0, 0.05) is 17.7 Å². The summed E-state index contributed by atoms with van der Waals surface area (Å²) in [5.74, 6) is 0.375. The van der Waals surface area contributed by atoms with Crippen molar-refractivity contribution < 1.29 is 4.79 Å². The van der Waals surface area contributed by atoms with Crippen LogP contribution in [0.2, 0.25) is 5.02 Å². The van der Waals surface area contributed by atoms with Crippen LogP contribution >= 0.6 is 11.6 Å². The molecule has 1 aliphatic heterocycles. The molecule has 2 heterocycles. The maximum Gasteiger partial charge on any atom is 0.255 e. The van der Waals surface area contributed by atoms with Crippen LogP contribution in [0.1, 0.15) is 27.2 Å². The fourth-order valence-corrected chi connectivity index (χ4v) is 3.52. The maximum absolute atomic E-state index is 13.0. The van der Waals surface area contributed by atoms with Gasteiger partial charge < -0.3 is 9.88 Å². The molecule has 3 aromatic rings. The average molecular weight is 380 g/mol. The summed E-state index contributed by atoms with van der Waals surface area (Å²) in [5.41, 5.74) is 3.44. The van der Waals surface area contributed by atoms with Crippen molar-refractivity contribution in [2.45, 2.75) is 19.9 Å². The van der Waals surface area contributed by atoms with E-state index in [9.17, 15) is 9.59 Å². The number of carbonyl (C=O) groups is 1. The van der Waals surface area contributed by atoms with Crippen molar-refractivity contribution in [3.05, 3.63) is 86.3 Å². The molecule has 0 fully saturated rings. The number of fused-ring (bicyclic) bond motifs is 1. The third-order valence-electron chi connectivity index (χ3n) is 4.76. The van der Waals surface area contributed by atoms with E-state index >= 15 is 0 Å². The SMILES string of the molecule is Cc1ccc(Cl)c(C(=O)N2CCc3c(nc(-c4ccccc4)[nH]c3=O)C2)c1. The lowest BCUT2D eigenvalue weighted by molar-refractivity contribution is 0.0731. The number of rotatable bonds is 2. The molecular weight excluding hydrogens is 362 g/mol. The Morgan fingerprint density at radius 1 is 1.19 bits per heavy atom. The summed E-state index contributed by atoms with van der Waals surface area (Å²) in [4.78, 5) is 34.6. The zero-order valence-electron chi connectivity index (χ0n) is 14.8. The number of benzene rings is 2. The van der Waals surface area contributed by atoms with Gasteiger partial charge in [-0.1, -0.05) is 53.6 Å². The number of amides is 1. The van der Waals surface area contributed by atoms with E-state index in [1.807, 2.05) is 43.3 Å². The molecule has 1 aliphatic rings. The molecule has 0 radical (unpaired) electrons. The van der Waals surface area contributed by atoms with Gasteiger partial charge in [-0.2, -0.15) is 0 Å². The minimum absolute atomic E-state index is 0.139. The van der Waals surface area contributed by atoms with E-state index < -0.39 is 0 Å². The molecule has 1 N–H and O–H groups in total. The van der Waals surface area contributed by atoms with Gasteiger partial charge in [0.25, 0.3) is 11.5 Å². The fraction of sp³-hybridized carbons (Fsp3) is 0.190. The van der Waals surface area contributed by atoms with E-state index in [0.717, 1.165) is 11.1 Å². The predicted octanol–water partition coefficient (Wildman–Crippen LogP) is 3.60. The topological polar surface area (TPSA) is 66.1 Å². The highest BCUT2D eigenvalue weighted by Gasteiger charge is 2.26. The molecule has 0 spiro atoms. The van der Waals surface area contributed by atoms with Crippen LogP contribution in [-0.4, -0.2) is 27.3 Å². The lowest BCUT2D eigenvalue weighted by atomic mass is 10.0. The van der Waals surface area contributed by atoms with Gasteiger partial charge in [0.15, 0.2) is 0 Å². The molecule has 0 aliphatic carbocycles. The molecule has 0 saturated heterocycles. The fourth-order valence-electron chi connectivity index (χ4n) is 3.32. The largest absolute Gasteiger partial charge is 0.332 e. The van der Waals surface area contributed by atoms with Crippen LogP contribution in [-0.2, 0) is 13.0 Å². The molecular formula is C21H18ClN3O2. The van der Waals surface area contributed by atoms with E-state index in [2.05, 4.69) is 9.97 Å². The van der Waals surface area contributed by atoms with Crippen molar-refractivity contribution in [3.8, 4) is 11.4 Å². The third kappa shape index (κ3) is 3.38. The van der Waals surface area contributed by atoms with Gasteiger partial charge in [-0.15, -0.1) is 0 Å². The zero-order valence-corrected chi connectivity index (χ0v) is 15.6. The van der Waals surface area contributed by atoms with Crippen LogP contribution in [0.3, 0.4) is 0 Å². The quantitative estimate of drug-likeness (QED) is 0.739. The minimum atomic E-state index is -0.141. The normalized spacial score (nSPS) is 13.3. The van der Waals surface area contributed by atoms with Crippen LogP contribution in [0, 0.1) is 6.92 Å². The molecule has 1 aromatic heterocycles. The number of halogens is 1. The molecule has 0 unspecified atom stereocenters. The van der Waals surface area contributed by atoms with Gasteiger partial charge >= 0.3 is 0 Å². The summed E-state index contributed by atoms with van der Waals surface area (Å²) in [5, 5.41) is 0.431. The number of nitrogens with one attached hydrogen (secondary N) is 1. The van der Waals surface area contributed by atoms with Crippen molar-refractivity contribution >= 4 is 17.5 Å². The highest BCUT2D eigenvalue weighted by molar-refractivity contribution is 6.33. The van der Waals surface area contributed by atoms with Gasteiger partial charge in [-0.05, 0) is 25.5 Å². The first kappa shape index (κ1) is 17.5. The summed E-state index contributed by atoms with van der Waals surface area (Å²) in [6.45, 7) is 2.68. The number of aryl methyl sites for hydroxylation is 1. The Balaban J connectivity index is 1.68. The highest BCUT2D eigenvalue weighted by Crippen LogP contribution is 2.23. The number of aromatic nitrogens is 2. The standard InChI is InChI=1S/C21H18ClN3O2/c1-13-7-8-17(22)16(11-13)21(27)25-10-9-15-18(12-25)23-19(24-20(15)26)14-5-3-2-4-6-14/h2-8,11H,9-10,12H2,1H3,(H,23,24,26). The average Bonchev–Trinajstić information content (AvgIpc) is 2.69. The molecule has 1 amide bonds. The maximum atomic E-state index is 13.0. The number of H-pyrrole nitrogens is 1. The summed E-state index contributed by atoms with van der Waals surface area (Å²) in [6.07, 6.45) is 0.474. The van der Waals surface area contributed by atoms with Gasteiger partial charge in [0.2, 0.25) is 0 Å². The minimum Gasteiger partial charge on any atom is -0.332 e. The van der Waals surface area contributed by atoms with E-state index in [0.29, 0.717) is 47.2 Å². The van der Waals surface area contributed by atoms with Gasteiger partial charge in [-0.3, -0.25) is 9.59 Å². The van der Waals surface area contributed by atoms with Crippen LogP contribution in [0.15, 0.2) is 53.3 Å².